The Balaban J connectivity index is 1.95. The monoisotopic (exact) mass is 295 g/mol. The van der Waals surface area contributed by atoms with Crippen molar-refractivity contribution in [2.75, 3.05) is 26.0 Å². The van der Waals surface area contributed by atoms with Gasteiger partial charge in [0.25, 0.3) is 5.91 Å². The molecule has 1 aliphatic heterocycles. The Morgan fingerprint density at radius 3 is 2.80 bits per heavy atom. The molecule has 0 bridgehead atoms. The molecule has 1 aromatic rings. The zero-order valence-electron chi connectivity index (χ0n) is 10.8. The topological polar surface area (TPSA) is 72.9 Å². The Morgan fingerprint density at radius 2 is 2.15 bits per heavy atom. The van der Waals surface area contributed by atoms with Crippen LogP contribution in [0.3, 0.4) is 0 Å². The lowest BCUT2D eigenvalue weighted by Crippen LogP contribution is -2.35. The highest BCUT2D eigenvalue weighted by atomic mass is 32.2. The molecule has 0 aliphatic carbocycles. The van der Waals surface area contributed by atoms with E-state index in [1.807, 2.05) is 12.3 Å². The largest absolute Gasteiger partial charge is 0.452 e. The van der Waals surface area contributed by atoms with E-state index in [-0.39, 0.29) is 13.2 Å². The Morgan fingerprint density at radius 1 is 1.40 bits per heavy atom. The molecule has 0 unspecified atom stereocenters. The van der Waals surface area contributed by atoms with Gasteiger partial charge in [0.15, 0.2) is 6.61 Å². The zero-order chi connectivity index (χ0) is 14.5. The van der Waals surface area contributed by atoms with E-state index in [1.54, 1.807) is 18.2 Å². The van der Waals surface area contributed by atoms with E-state index in [2.05, 4.69) is 4.74 Å². The van der Waals surface area contributed by atoms with E-state index in [0.717, 1.165) is 9.80 Å². The van der Waals surface area contributed by atoms with Crippen LogP contribution < -0.4 is 0 Å². The Labute approximate surface area is 120 Å². The average Bonchev–Trinajstić information content (AvgIpc) is 2.90. The summed E-state index contributed by atoms with van der Waals surface area (Å²) in [5.74, 6) is -1.17. The van der Waals surface area contributed by atoms with Crippen molar-refractivity contribution in [2.24, 2.45) is 0 Å². The number of hydrogen-bond donors (Lipinski definition) is 0. The van der Waals surface area contributed by atoms with Crippen LogP contribution in [0.2, 0.25) is 0 Å². The van der Waals surface area contributed by atoms with Gasteiger partial charge in [-0.3, -0.25) is 4.79 Å². The molecule has 0 spiro atoms. The molecule has 1 aromatic carbocycles. The first-order valence-electron chi connectivity index (χ1n) is 5.90. The minimum absolute atomic E-state index is 0.174. The zero-order valence-corrected chi connectivity index (χ0v) is 11.6. The molecule has 0 saturated carbocycles. The molecule has 2 rings (SSSR count). The molecule has 1 fully saturated rings. The lowest BCUT2D eigenvalue weighted by molar-refractivity contribution is -0.131. The summed E-state index contributed by atoms with van der Waals surface area (Å²) in [7, 11) is 0. The number of thioether (sulfide) groups is 1. The van der Waals surface area contributed by atoms with E-state index >= 15 is 0 Å². The molecule has 0 aromatic heterocycles. The standard InChI is InChI=1S/C13H13NO5S/c1-20-10-5-3-2-4-9(10)12(16)19-8-11(15)14-6-7-18-13(14)17/h2-5H,6-8H2,1H3. The fourth-order valence-corrected chi connectivity index (χ4v) is 2.30. The number of carbonyl (C=O) groups is 3. The average molecular weight is 295 g/mol. The van der Waals surface area contributed by atoms with Crippen molar-refractivity contribution in [3.8, 4) is 0 Å². The van der Waals surface area contributed by atoms with Gasteiger partial charge in [-0.1, -0.05) is 12.1 Å². The maximum atomic E-state index is 11.9. The summed E-state index contributed by atoms with van der Waals surface area (Å²) in [6, 6.07) is 6.95. The van der Waals surface area contributed by atoms with E-state index in [1.165, 1.54) is 11.8 Å². The number of benzene rings is 1. The normalized spacial score (nSPS) is 14.1. The van der Waals surface area contributed by atoms with Gasteiger partial charge in [-0.25, -0.2) is 14.5 Å². The second-order valence-corrected chi connectivity index (χ2v) is 4.78. The third kappa shape index (κ3) is 3.11. The number of imide groups is 1. The molecule has 0 atom stereocenters. The molecular weight excluding hydrogens is 282 g/mol. The van der Waals surface area contributed by atoms with Crippen LogP contribution in [0.5, 0.6) is 0 Å². The van der Waals surface area contributed by atoms with E-state index in [9.17, 15) is 14.4 Å². The minimum Gasteiger partial charge on any atom is -0.452 e. The van der Waals surface area contributed by atoms with Crippen molar-refractivity contribution in [2.45, 2.75) is 4.90 Å². The van der Waals surface area contributed by atoms with Crippen molar-refractivity contribution in [1.82, 2.24) is 4.90 Å². The molecule has 106 valence electrons. The van der Waals surface area contributed by atoms with Gasteiger partial charge in [-0.05, 0) is 18.4 Å². The van der Waals surface area contributed by atoms with E-state index in [0.29, 0.717) is 5.56 Å². The number of carbonyl (C=O) groups excluding carboxylic acids is 3. The first kappa shape index (κ1) is 14.4. The summed E-state index contributed by atoms with van der Waals surface area (Å²) in [5, 5.41) is 0. The predicted octanol–water partition coefficient (Wildman–Crippen LogP) is 1.54. The number of ether oxygens (including phenoxy) is 2. The summed E-state index contributed by atoms with van der Waals surface area (Å²) >= 11 is 1.41. The van der Waals surface area contributed by atoms with E-state index < -0.39 is 24.6 Å². The quantitative estimate of drug-likeness (QED) is 0.620. The van der Waals surface area contributed by atoms with Gasteiger partial charge in [-0.15, -0.1) is 11.8 Å². The molecule has 1 aliphatic rings. The lowest BCUT2D eigenvalue weighted by Gasteiger charge is -2.11. The van der Waals surface area contributed by atoms with Crippen LogP contribution >= 0.6 is 11.8 Å². The van der Waals surface area contributed by atoms with Crippen LogP contribution in [0, 0.1) is 0 Å². The van der Waals surface area contributed by atoms with E-state index in [4.69, 9.17) is 4.74 Å². The summed E-state index contributed by atoms with van der Waals surface area (Å²) in [4.78, 5) is 36.5. The highest BCUT2D eigenvalue weighted by Gasteiger charge is 2.29. The maximum absolute atomic E-state index is 11.9. The molecule has 2 amide bonds. The van der Waals surface area contributed by atoms with Crippen molar-refractivity contribution in [1.29, 1.82) is 0 Å². The summed E-state index contributed by atoms with van der Waals surface area (Å²) < 4.78 is 9.58. The fourth-order valence-electron chi connectivity index (χ4n) is 1.72. The molecule has 0 N–H and O–H groups in total. The van der Waals surface area contributed by atoms with Crippen LogP contribution in [-0.4, -0.2) is 48.9 Å². The molecule has 20 heavy (non-hydrogen) atoms. The molecule has 7 heteroatoms. The molecule has 6 nitrogen and oxygen atoms in total. The van der Waals surface area contributed by atoms with Gasteiger partial charge in [0.2, 0.25) is 0 Å². The van der Waals surface area contributed by atoms with Crippen molar-refractivity contribution in [3.63, 3.8) is 0 Å². The van der Waals surface area contributed by atoms with Gasteiger partial charge >= 0.3 is 12.1 Å². The van der Waals surface area contributed by atoms with Crippen LogP contribution in [0.1, 0.15) is 10.4 Å². The third-order valence-electron chi connectivity index (χ3n) is 2.72. The lowest BCUT2D eigenvalue weighted by atomic mass is 10.2. The van der Waals surface area contributed by atoms with Crippen LogP contribution in [0.4, 0.5) is 4.79 Å². The number of esters is 1. The number of nitrogens with zero attached hydrogens (tertiary/aromatic N) is 1. The van der Waals surface area contributed by atoms with Crippen LogP contribution in [-0.2, 0) is 14.3 Å². The van der Waals surface area contributed by atoms with Gasteiger partial charge in [0.05, 0.1) is 12.1 Å². The Bertz CT molecular complexity index is 545. The molecule has 0 radical (unpaired) electrons. The predicted molar refractivity (Wildman–Crippen MR) is 71.6 cm³/mol. The maximum Gasteiger partial charge on any atom is 0.416 e. The van der Waals surface area contributed by atoms with Gasteiger partial charge in [0.1, 0.15) is 6.61 Å². The minimum atomic E-state index is -0.699. The number of cyclic esters (lactones) is 1. The highest BCUT2D eigenvalue weighted by Crippen LogP contribution is 2.20. The second-order valence-electron chi connectivity index (χ2n) is 3.94. The van der Waals surface area contributed by atoms with Gasteiger partial charge in [0, 0.05) is 4.90 Å². The Kier molecular flexibility index (Phi) is 4.62. The van der Waals surface area contributed by atoms with Crippen molar-refractivity contribution in [3.05, 3.63) is 29.8 Å². The Hall–Kier alpha value is -2.02. The van der Waals surface area contributed by atoms with Crippen molar-refractivity contribution < 1.29 is 23.9 Å². The molecular formula is C13H13NO5S. The first-order chi connectivity index (χ1) is 9.63. The molecule has 1 heterocycles. The fraction of sp³-hybridized carbons (Fsp3) is 0.308. The molecule has 1 saturated heterocycles. The van der Waals surface area contributed by atoms with Crippen LogP contribution in [0.15, 0.2) is 29.2 Å². The number of rotatable bonds is 4. The van der Waals surface area contributed by atoms with Crippen molar-refractivity contribution >= 4 is 29.7 Å². The SMILES string of the molecule is CSc1ccccc1C(=O)OCC(=O)N1CCOC1=O. The van der Waals surface area contributed by atoms with Gasteiger partial charge in [-0.2, -0.15) is 0 Å². The second kappa shape index (κ2) is 6.42. The summed E-state index contributed by atoms with van der Waals surface area (Å²) in [6.07, 6.45) is 1.15. The van der Waals surface area contributed by atoms with Gasteiger partial charge < -0.3 is 9.47 Å². The third-order valence-corrected chi connectivity index (χ3v) is 3.51. The summed E-state index contributed by atoms with van der Waals surface area (Å²) in [6.45, 7) is -0.110. The smallest absolute Gasteiger partial charge is 0.416 e. The van der Waals surface area contributed by atoms with Crippen LogP contribution in [0.25, 0.3) is 0 Å². The highest BCUT2D eigenvalue weighted by molar-refractivity contribution is 7.98. The first-order valence-corrected chi connectivity index (χ1v) is 7.13. The number of amides is 2. The number of hydrogen-bond acceptors (Lipinski definition) is 6. The summed E-state index contributed by atoms with van der Waals surface area (Å²) in [5.41, 5.74) is 0.400.